The summed E-state index contributed by atoms with van der Waals surface area (Å²) >= 11 is 0. The Morgan fingerprint density at radius 1 is 1.19 bits per heavy atom. The van der Waals surface area contributed by atoms with Crippen LogP contribution in [-0.4, -0.2) is 38.3 Å². The van der Waals surface area contributed by atoms with Gasteiger partial charge in [-0.05, 0) is 12.1 Å². The van der Waals surface area contributed by atoms with Gasteiger partial charge < -0.3 is 10.5 Å². The zero-order valence-electron chi connectivity index (χ0n) is 14.1. The molecule has 10 nitrogen and oxygen atoms in total. The van der Waals surface area contributed by atoms with Crippen LogP contribution in [-0.2, 0) is 18.3 Å². The molecule has 0 amide bonds. The first kappa shape index (κ1) is 16.6. The third-order valence-corrected chi connectivity index (χ3v) is 6.17. The standard InChI is InChI=1S/C16H17N6O4P/c17-15-14-16(19-8-18-15)22(9-20-14)13-6-11-12(25-13)7-24-27(23,26-11)21-10-4-2-1-3-5-10/h1-5,8-9,11-13H,6-7H2,(H,21,23)(H2,17,18,19)/t11-,12+,13-,27+/m1/s1. The van der Waals surface area contributed by atoms with Gasteiger partial charge >= 0.3 is 7.75 Å². The van der Waals surface area contributed by atoms with Crippen LogP contribution in [0.15, 0.2) is 43.0 Å². The first-order valence-electron chi connectivity index (χ1n) is 8.46. The van der Waals surface area contributed by atoms with Crippen molar-refractivity contribution >= 4 is 30.4 Å². The maximum Gasteiger partial charge on any atom is 0.433 e. The van der Waals surface area contributed by atoms with Crippen molar-refractivity contribution in [1.29, 1.82) is 0 Å². The Kier molecular flexibility index (Phi) is 3.87. The molecule has 11 heteroatoms. The average molecular weight is 388 g/mol. The Balaban J connectivity index is 1.35. The van der Waals surface area contributed by atoms with Gasteiger partial charge in [-0.1, -0.05) is 18.2 Å². The molecule has 2 saturated heterocycles. The maximum atomic E-state index is 12.9. The van der Waals surface area contributed by atoms with Crippen molar-refractivity contribution in [1.82, 2.24) is 19.5 Å². The predicted octanol–water partition coefficient (Wildman–Crippen LogP) is 2.33. The maximum absolute atomic E-state index is 12.9. The van der Waals surface area contributed by atoms with Crippen molar-refractivity contribution in [2.75, 3.05) is 17.4 Å². The lowest BCUT2D eigenvalue weighted by Crippen LogP contribution is -2.34. The van der Waals surface area contributed by atoms with Gasteiger partial charge in [-0.2, -0.15) is 0 Å². The highest BCUT2D eigenvalue weighted by Crippen LogP contribution is 2.55. The first-order chi connectivity index (χ1) is 13.1. The second-order valence-electron chi connectivity index (χ2n) is 6.36. The van der Waals surface area contributed by atoms with Crippen LogP contribution in [0.1, 0.15) is 12.6 Å². The molecule has 0 saturated carbocycles. The summed E-state index contributed by atoms with van der Waals surface area (Å²) in [4.78, 5) is 12.4. The fraction of sp³-hybridized carbons (Fsp3) is 0.312. The topological polar surface area (TPSA) is 126 Å². The van der Waals surface area contributed by atoms with E-state index in [2.05, 4.69) is 20.0 Å². The number of rotatable bonds is 3. The molecule has 0 radical (unpaired) electrons. The number of hydrogen-bond acceptors (Lipinski definition) is 8. The summed E-state index contributed by atoms with van der Waals surface area (Å²) < 4.78 is 32.0. The molecule has 3 N–H and O–H groups in total. The van der Waals surface area contributed by atoms with Crippen LogP contribution in [0.5, 0.6) is 0 Å². The number of nitrogens with two attached hydrogens (primary N) is 1. The first-order valence-corrected chi connectivity index (χ1v) is 10.0. The highest BCUT2D eigenvalue weighted by atomic mass is 31.2. The quantitative estimate of drug-likeness (QED) is 0.650. The van der Waals surface area contributed by atoms with Crippen LogP contribution in [0, 0.1) is 0 Å². The van der Waals surface area contributed by atoms with E-state index in [1.54, 1.807) is 23.0 Å². The summed E-state index contributed by atoms with van der Waals surface area (Å²) in [5, 5.41) is 2.86. The molecule has 27 heavy (non-hydrogen) atoms. The average Bonchev–Trinajstić information content (AvgIpc) is 3.26. The number of hydrogen-bond donors (Lipinski definition) is 2. The minimum Gasteiger partial charge on any atom is -0.382 e. The van der Waals surface area contributed by atoms with E-state index in [1.807, 2.05) is 18.2 Å². The van der Waals surface area contributed by atoms with Gasteiger partial charge in [-0.25, -0.2) is 19.5 Å². The van der Waals surface area contributed by atoms with Gasteiger partial charge in [-0.3, -0.25) is 18.7 Å². The molecule has 1 aromatic carbocycles. The Morgan fingerprint density at radius 3 is 2.89 bits per heavy atom. The summed E-state index contributed by atoms with van der Waals surface area (Å²) in [7, 11) is -3.47. The van der Waals surface area contributed by atoms with Gasteiger partial charge in [0.25, 0.3) is 0 Å². The van der Waals surface area contributed by atoms with Gasteiger partial charge in [-0.15, -0.1) is 0 Å². The molecular formula is C16H17N6O4P. The molecule has 2 aliphatic rings. The van der Waals surface area contributed by atoms with E-state index in [0.717, 1.165) is 0 Å². The molecule has 0 bridgehead atoms. The zero-order valence-corrected chi connectivity index (χ0v) is 15.0. The second kappa shape index (κ2) is 6.28. The highest BCUT2D eigenvalue weighted by Gasteiger charge is 2.47. The van der Waals surface area contributed by atoms with Crippen molar-refractivity contribution in [3.8, 4) is 0 Å². The summed E-state index contributed by atoms with van der Waals surface area (Å²) in [5.41, 5.74) is 7.60. The van der Waals surface area contributed by atoms with Crippen LogP contribution in [0.25, 0.3) is 11.2 Å². The fourth-order valence-electron chi connectivity index (χ4n) is 3.32. The second-order valence-corrected chi connectivity index (χ2v) is 8.05. The lowest BCUT2D eigenvalue weighted by Gasteiger charge is -2.31. The van der Waals surface area contributed by atoms with E-state index >= 15 is 0 Å². The molecule has 0 spiro atoms. The Morgan fingerprint density at radius 2 is 2.04 bits per heavy atom. The van der Waals surface area contributed by atoms with Crippen LogP contribution >= 0.6 is 7.75 Å². The number of nitrogen functional groups attached to an aromatic ring is 1. The molecular weight excluding hydrogens is 371 g/mol. The summed E-state index contributed by atoms with van der Waals surface area (Å²) in [6.45, 7) is 0.169. The van der Waals surface area contributed by atoms with Crippen molar-refractivity contribution < 1.29 is 18.3 Å². The minimum atomic E-state index is -3.47. The predicted molar refractivity (Wildman–Crippen MR) is 96.8 cm³/mol. The Bertz CT molecular complexity index is 1030. The lowest BCUT2D eigenvalue weighted by molar-refractivity contribution is -0.0558. The van der Waals surface area contributed by atoms with Crippen LogP contribution in [0.3, 0.4) is 0 Å². The minimum absolute atomic E-state index is 0.169. The number of para-hydroxylation sites is 1. The smallest absolute Gasteiger partial charge is 0.382 e. The van der Waals surface area contributed by atoms with Gasteiger partial charge in [0.1, 0.15) is 30.3 Å². The fourth-order valence-corrected chi connectivity index (χ4v) is 4.89. The van der Waals surface area contributed by atoms with Crippen molar-refractivity contribution in [2.45, 2.75) is 24.9 Å². The number of fused-ring (bicyclic) bond motifs is 2. The highest BCUT2D eigenvalue weighted by molar-refractivity contribution is 7.55. The monoisotopic (exact) mass is 388 g/mol. The SMILES string of the molecule is Nc1ncnc2c1ncn2[C@H]1C[C@H]2O[P@](=O)(Nc3ccccc3)OC[C@@H]2O1. The van der Waals surface area contributed by atoms with Gasteiger partial charge in [0.15, 0.2) is 11.5 Å². The molecule has 4 heterocycles. The Labute approximate surface area is 154 Å². The van der Waals surface area contributed by atoms with Crippen molar-refractivity contribution in [3.05, 3.63) is 43.0 Å². The van der Waals surface area contributed by atoms with E-state index in [1.165, 1.54) is 6.33 Å². The van der Waals surface area contributed by atoms with Crippen LogP contribution < -0.4 is 10.8 Å². The van der Waals surface area contributed by atoms with Crippen LogP contribution in [0.2, 0.25) is 0 Å². The molecule has 0 unspecified atom stereocenters. The van der Waals surface area contributed by atoms with Crippen molar-refractivity contribution in [3.63, 3.8) is 0 Å². The number of nitrogens with one attached hydrogen (secondary N) is 1. The number of benzene rings is 1. The third-order valence-electron chi connectivity index (χ3n) is 4.60. The van der Waals surface area contributed by atoms with Gasteiger partial charge in [0.2, 0.25) is 0 Å². The van der Waals surface area contributed by atoms with Gasteiger partial charge in [0.05, 0.1) is 12.9 Å². The molecule has 140 valence electrons. The number of imidazole rings is 1. The number of nitrogens with zero attached hydrogens (tertiary/aromatic N) is 4. The Hall–Kier alpha value is -2.52. The molecule has 3 aromatic rings. The van der Waals surface area contributed by atoms with E-state index in [-0.39, 0.29) is 25.0 Å². The number of aromatic nitrogens is 4. The third kappa shape index (κ3) is 2.96. The molecule has 2 fully saturated rings. The van der Waals surface area contributed by atoms with Crippen LogP contribution in [0.4, 0.5) is 11.5 Å². The number of anilines is 2. The van der Waals surface area contributed by atoms with E-state index in [0.29, 0.717) is 29.1 Å². The van der Waals surface area contributed by atoms with E-state index in [9.17, 15) is 4.57 Å². The normalized spacial score (nSPS) is 30.3. The molecule has 0 aliphatic carbocycles. The molecule has 2 aromatic heterocycles. The zero-order chi connectivity index (χ0) is 18.4. The molecule has 5 rings (SSSR count). The van der Waals surface area contributed by atoms with Crippen molar-refractivity contribution in [2.24, 2.45) is 0 Å². The van der Waals surface area contributed by atoms with E-state index < -0.39 is 7.75 Å². The summed E-state index contributed by atoms with van der Waals surface area (Å²) in [5.74, 6) is 0.310. The van der Waals surface area contributed by atoms with E-state index in [4.69, 9.17) is 19.5 Å². The molecule has 2 aliphatic heterocycles. The number of ether oxygens (including phenoxy) is 1. The summed E-state index contributed by atoms with van der Waals surface area (Å²) in [6, 6.07) is 9.16. The lowest BCUT2D eigenvalue weighted by atomic mass is 10.2. The largest absolute Gasteiger partial charge is 0.433 e. The summed E-state index contributed by atoms with van der Waals surface area (Å²) in [6.07, 6.45) is 2.42. The van der Waals surface area contributed by atoms with Gasteiger partial charge in [0, 0.05) is 12.1 Å². The molecule has 4 atom stereocenters.